The van der Waals surface area contributed by atoms with Gasteiger partial charge in [-0.2, -0.15) is 0 Å². The van der Waals surface area contributed by atoms with Gasteiger partial charge in [-0.3, -0.25) is 9.59 Å². The lowest BCUT2D eigenvalue weighted by molar-refractivity contribution is -0.125. The zero-order chi connectivity index (χ0) is 11.4. The molecule has 15 heavy (non-hydrogen) atoms. The van der Waals surface area contributed by atoms with E-state index in [0.717, 1.165) is 6.42 Å². The Bertz CT molecular complexity index is 255. The molecule has 5 heteroatoms. The van der Waals surface area contributed by atoms with E-state index in [2.05, 4.69) is 5.32 Å². The Balaban J connectivity index is 2.49. The third-order valence-corrected chi connectivity index (χ3v) is 3.04. The van der Waals surface area contributed by atoms with Gasteiger partial charge in [0.05, 0.1) is 5.92 Å². The number of carbonyl (C=O) groups is 2. The standard InChI is InChI=1S/C10H19N3O2/c1-2-7(9(12)14)8(11)5-6-3-4-13-10(6)15/h6-8H,2-5,11H2,1H3,(H2,12,14)(H,13,15)/t6-,7?,8-/m0/s1. The van der Waals surface area contributed by atoms with Crippen molar-refractivity contribution in [2.45, 2.75) is 32.2 Å². The Kier molecular flexibility index (Phi) is 4.08. The Morgan fingerprint density at radius 3 is 2.73 bits per heavy atom. The topological polar surface area (TPSA) is 98.2 Å². The van der Waals surface area contributed by atoms with Crippen LogP contribution in [0.3, 0.4) is 0 Å². The van der Waals surface area contributed by atoms with E-state index in [1.54, 1.807) is 0 Å². The van der Waals surface area contributed by atoms with Crippen molar-refractivity contribution in [1.82, 2.24) is 5.32 Å². The summed E-state index contributed by atoms with van der Waals surface area (Å²) in [5, 5.41) is 2.75. The lowest BCUT2D eigenvalue weighted by Crippen LogP contribution is -2.41. The summed E-state index contributed by atoms with van der Waals surface area (Å²) in [6.45, 7) is 2.59. The van der Waals surface area contributed by atoms with Crippen molar-refractivity contribution in [2.75, 3.05) is 6.54 Å². The highest BCUT2D eigenvalue weighted by Gasteiger charge is 2.30. The van der Waals surface area contributed by atoms with Crippen LogP contribution in [0.15, 0.2) is 0 Å². The van der Waals surface area contributed by atoms with Gasteiger partial charge in [-0.05, 0) is 19.3 Å². The average Bonchev–Trinajstić information content (AvgIpc) is 2.52. The molecule has 0 spiro atoms. The number of hydrogen-bond donors (Lipinski definition) is 3. The molecule has 2 amide bonds. The summed E-state index contributed by atoms with van der Waals surface area (Å²) in [4.78, 5) is 22.4. The zero-order valence-corrected chi connectivity index (χ0v) is 9.03. The quantitative estimate of drug-likeness (QED) is 0.566. The van der Waals surface area contributed by atoms with Gasteiger partial charge in [-0.25, -0.2) is 0 Å². The first-order chi connectivity index (χ1) is 7.06. The van der Waals surface area contributed by atoms with Crippen LogP contribution in [0.1, 0.15) is 26.2 Å². The summed E-state index contributed by atoms with van der Waals surface area (Å²) in [7, 11) is 0. The zero-order valence-electron chi connectivity index (χ0n) is 9.03. The molecule has 0 aromatic heterocycles. The number of primary amides is 1. The van der Waals surface area contributed by atoms with E-state index >= 15 is 0 Å². The molecule has 1 rings (SSSR count). The maximum absolute atomic E-state index is 11.3. The summed E-state index contributed by atoms with van der Waals surface area (Å²) in [5.41, 5.74) is 11.1. The molecule has 1 unspecified atom stereocenters. The fourth-order valence-electron chi connectivity index (χ4n) is 2.08. The van der Waals surface area contributed by atoms with Crippen molar-refractivity contribution >= 4 is 11.8 Å². The molecular formula is C10H19N3O2. The molecule has 0 radical (unpaired) electrons. The van der Waals surface area contributed by atoms with E-state index in [-0.39, 0.29) is 29.7 Å². The van der Waals surface area contributed by atoms with E-state index in [0.29, 0.717) is 19.4 Å². The molecule has 0 bridgehead atoms. The first-order valence-electron chi connectivity index (χ1n) is 5.38. The minimum absolute atomic E-state index is 0.0461. The Morgan fingerprint density at radius 2 is 2.33 bits per heavy atom. The minimum atomic E-state index is -0.372. The van der Waals surface area contributed by atoms with Crippen LogP contribution in [0.4, 0.5) is 0 Å². The fourth-order valence-corrected chi connectivity index (χ4v) is 2.08. The first-order valence-corrected chi connectivity index (χ1v) is 5.38. The van der Waals surface area contributed by atoms with Gasteiger partial charge in [0.25, 0.3) is 0 Å². The van der Waals surface area contributed by atoms with Crippen LogP contribution >= 0.6 is 0 Å². The highest BCUT2D eigenvalue weighted by atomic mass is 16.2. The van der Waals surface area contributed by atoms with Gasteiger partial charge in [0, 0.05) is 18.5 Å². The normalized spacial score (nSPS) is 24.7. The number of hydrogen-bond acceptors (Lipinski definition) is 3. The number of nitrogens with two attached hydrogens (primary N) is 2. The van der Waals surface area contributed by atoms with E-state index in [4.69, 9.17) is 11.5 Å². The van der Waals surface area contributed by atoms with Crippen LogP contribution in [-0.2, 0) is 9.59 Å². The van der Waals surface area contributed by atoms with E-state index in [1.165, 1.54) is 0 Å². The van der Waals surface area contributed by atoms with Gasteiger partial charge in [0.2, 0.25) is 11.8 Å². The highest BCUT2D eigenvalue weighted by molar-refractivity contribution is 5.81. The van der Waals surface area contributed by atoms with Crippen molar-refractivity contribution in [3.63, 3.8) is 0 Å². The van der Waals surface area contributed by atoms with Crippen LogP contribution in [0.5, 0.6) is 0 Å². The molecular weight excluding hydrogens is 194 g/mol. The largest absolute Gasteiger partial charge is 0.369 e. The lowest BCUT2D eigenvalue weighted by Gasteiger charge is -2.21. The van der Waals surface area contributed by atoms with Crippen molar-refractivity contribution < 1.29 is 9.59 Å². The second kappa shape index (κ2) is 5.11. The second-order valence-electron chi connectivity index (χ2n) is 4.09. The van der Waals surface area contributed by atoms with Gasteiger partial charge in [-0.15, -0.1) is 0 Å². The van der Waals surface area contributed by atoms with Crippen molar-refractivity contribution in [1.29, 1.82) is 0 Å². The molecule has 1 fully saturated rings. The van der Waals surface area contributed by atoms with Crippen molar-refractivity contribution in [3.8, 4) is 0 Å². The lowest BCUT2D eigenvalue weighted by atomic mass is 9.88. The molecule has 5 nitrogen and oxygen atoms in total. The van der Waals surface area contributed by atoms with Gasteiger partial charge in [0.15, 0.2) is 0 Å². The number of amides is 2. The molecule has 1 aliphatic rings. The molecule has 0 aromatic rings. The summed E-state index contributed by atoms with van der Waals surface area (Å²) < 4.78 is 0. The van der Waals surface area contributed by atoms with Gasteiger partial charge >= 0.3 is 0 Å². The highest BCUT2D eigenvalue weighted by Crippen LogP contribution is 2.20. The SMILES string of the molecule is CCC(C(N)=O)[C@@H](N)C[C@@H]1CCNC1=O. The summed E-state index contributed by atoms with van der Waals surface area (Å²) >= 11 is 0. The minimum Gasteiger partial charge on any atom is -0.369 e. The third kappa shape index (κ3) is 2.92. The van der Waals surface area contributed by atoms with Crippen LogP contribution in [0, 0.1) is 11.8 Å². The predicted molar refractivity (Wildman–Crippen MR) is 56.7 cm³/mol. The molecule has 86 valence electrons. The Morgan fingerprint density at radius 1 is 1.67 bits per heavy atom. The molecule has 1 saturated heterocycles. The molecule has 1 heterocycles. The number of carbonyl (C=O) groups excluding carboxylic acids is 2. The van der Waals surface area contributed by atoms with Gasteiger partial charge in [0.1, 0.15) is 0 Å². The monoisotopic (exact) mass is 213 g/mol. The third-order valence-electron chi connectivity index (χ3n) is 3.04. The Hall–Kier alpha value is -1.10. The Labute approximate surface area is 89.6 Å². The molecule has 1 aliphatic heterocycles. The van der Waals surface area contributed by atoms with E-state index in [1.807, 2.05) is 6.92 Å². The molecule has 3 atom stereocenters. The second-order valence-corrected chi connectivity index (χ2v) is 4.09. The van der Waals surface area contributed by atoms with Gasteiger partial charge in [-0.1, -0.05) is 6.92 Å². The van der Waals surface area contributed by atoms with E-state index < -0.39 is 0 Å². The molecule has 0 aliphatic carbocycles. The number of rotatable bonds is 5. The average molecular weight is 213 g/mol. The van der Waals surface area contributed by atoms with Crippen LogP contribution in [0.25, 0.3) is 0 Å². The van der Waals surface area contributed by atoms with Crippen molar-refractivity contribution in [3.05, 3.63) is 0 Å². The fraction of sp³-hybridized carbons (Fsp3) is 0.800. The summed E-state index contributed by atoms with van der Waals surface area (Å²) in [5.74, 6) is -0.694. The molecule has 5 N–H and O–H groups in total. The summed E-state index contributed by atoms with van der Waals surface area (Å²) in [6, 6.07) is -0.304. The van der Waals surface area contributed by atoms with Crippen LogP contribution in [-0.4, -0.2) is 24.4 Å². The maximum atomic E-state index is 11.3. The smallest absolute Gasteiger partial charge is 0.223 e. The van der Waals surface area contributed by atoms with Gasteiger partial charge < -0.3 is 16.8 Å². The first kappa shape index (κ1) is 12.0. The predicted octanol–water partition coefficient (Wildman–Crippen LogP) is -0.649. The molecule has 0 saturated carbocycles. The van der Waals surface area contributed by atoms with E-state index in [9.17, 15) is 9.59 Å². The summed E-state index contributed by atoms with van der Waals surface area (Å²) in [6.07, 6.45) is 1.99. The van der Waals surface area contributed by atoms with Crippen LogP contribution in [0.2, 0.25) is 0 Å². The maximum Gasteiger partial charge on any atom is 0.223 e. The molecule has 0 aromatic carbocycles. The van der Waals surface area contributed by atoms with Crippen molar-refractivity contribution in [2.24, 2.45) is 23.3 Å². The van der Waals surface area contributed by atoms with Crippen LogP contribution < -0.4 is 16.8 Å². The number of nitrogens with one attached hydrogen (secondary N) is 1.